The van der Waals surface area contributed by atoms with Crippen molar-refractivity contribution in [3.05, 3.63) is 109 Å². The van der Waals surface area contributed by atoms with Crippen molar-refractivity contribution in [2.75, 3.05) is 5.32 Å². The molecule has 5 aromatic carbocycles. The molecule has 2 aromatic heterocycles. The van der Waals surface area contributed by atoms with Crippen molar-refractivity contribution in [2.24, 2.45) is 0 Å². The fourth-order valence-corrected chi connectivity index (χ4v) is 4.88. The third-order valence-electron chi connectivity index (χ3n) is 6.42. The molecule has 3 nitrogen and oxygen atoms in total. The number of benzene rings is 5. The molecule has 3 heteroatoms. The van der Waals surface area contributed by atoms with Crippen LogP contribution in [0, 0.1) is 0 Å². The quantitative estimate of drug-likeness (QED) is 0.298. The second-order valence-corrected chi connectivity index (χ2v) is 8.38. The van der Waals surface area contributed by atoms with Crippen LogP contribution in [0.5, 0.6) is 0 Å². The van der Waals surface area contributed by atoms with Gasteiger partial charge in [-0.05, 0) is 42.0 Å². The summed E-state index contributed by atoms with van der Waals surface area (Å²) in [5, 5.41) is 8.34. The highest BCUT2D eigenvalue weighted by molar-refractivity contribution is 6.13. The van der Waals surface area contributed by atoms with E-state index in [2.05, 4.69) is 89.2 Å². The van der Waals surface area contributed by atoms with Gasteiger partial charge in [-0.15, -0.1) is 0 Å². The molecule has 0 saturated heterocycles. The van der Waals surface area contributed by atoms with Gasteiger partial charge in [-0.1, -0.05) is 72.8 Å². The summed E-state index contributed by atoms with van der Waals surface area (Å²) in [4.78, 5) is 3.61. The first-order valence-electron chi connectivity index (χ1n) is 11.1. The average molecular weight is 425 g/mol. The Morgan fingerprint density at radius 3 is 2.21 bits per heavy atom. The molecule has 0 atom stereocenters. The Hall–Kier alpha value is -4.50. The Labute approximate surface area is 190 Å². The first-order chi connectivity index (χ1) is 16.3. The van der Waals surface area contributed by atoms with E-state index in [1.54, 1.807) is 0 Å². The van der Waals surface area contributed by atoms with E-state index >= 15 is 0 Å². The van der Waals surface area contributed by atoms with Gasteiger partial charge in [0, 0.05) is 32.9 Å². The number of furan rings is 1. The molecule has 0 aliphatic carbocycles. The van der Waals surface area contributed by atoms with Gasteiger partial charge in [0.2, 0.25) is 0 Å². The number of anilines is 2. The van der Waals surface area contributed by atoms with E-state index in [1.807, 2.05) is 30.3 Å². The topological polar surface area (TPSA) is 41.0 Å². The molecule has 0 amide bonds. The average Bonchev–Trinajstić information content (AvgIpc) is 3.43. The van der Waals surface area contributed by atoms with Crippen molar-refractivity contribution in [2.45, 2.75) is 0 Å². The van der Waals surface area contributed by atoms with Crippen molar-refractivity contribution in [1.29, 1.82) is 0 Å². The third kappa shape index (κ3) is 2.83. The second-order valence-electron chi connectivity index (χ2n) is 8.38. The minimum absolute atomic E-state index is 0.892. The van der Waals surface area contributed by atoms with Gasteiger partial charge in [0.15, 0.2) is 0 Å². The smallest absolute Gasteiger partial charge is 0.137 e. The summed E-state index contributed by atoms with van der Waals surface area (Å²) < 4.78 is 6.03. The second kappa shape index (κ2) is 7.01. The molecule has 7 aromatic rings. The molecule has 0 spiro atoms. The minimum Gasteiger partial charge on any atom is -0.456 e. The van der Waals surface area contributed by atoms with Crippen molar-refractivity contribution >= 4 is 55.1 Å². The monoisotopic (exact) mass is 424 g/mol. The molecule has 0 bridgehead atoms. The normalized spacial score (nSPS) is 11.6. The Balaban J connectivity index is 1.29. The maximum Gasteiger partial charge on any atom is 0.137 e. The van der Waals surface area contributed by atoms with E-state index in [1.165, 1.54) is 32.9 Å². The van der Waals surface area contributed by atoms with Crippen molar-refractivity contribution in [3.63, 3.8) is 0 Å². The summed E-state index contributed by atoms with van der Waals surface area (Å²) in [6.07, 6.45) is 0. The molecule has 0 unspecified atom stereocenters. The molecule has 0 aliphatic rings. The highest BCUT2D eigenvalue weighted by Gasteiger charge is 2.12. The molecule has 7 rings (SSSR count). The van der Waals surface area contributed by atoms with Crippen molar-refractivity contribution in [1.82, 2.24) is 4.98 Å². The highest BCUT2D eigenvalue weighted by atomic mass is 16.3. The van der Waals surface area contributed by atoms with Crippen LogP contribution in [0.2, 0.25) is 0 Å². The van der Waals surface area contributed by atoms with E-state index < -0.39 is 0 Å². The van der Waals surface area contributed by atoms with Gasteiger partial charge in [-0.25, -0.2) is 0 Å². The highest BCUT2D eigenvalue weighted by Crippen LogP contribution is 2.37. The Bertz CT molecular complexity index is 1790. The molecule has 2 N–H and O–H groups in total. The van der Waals surface area contributed by atoms with Crippen LogP contribution in [-0.2, 0) is 0 Å². The number of fused-ring (bicyclic) bond motifs is 6. The van der Waals surface area contributed by atoms with E-state index in [0.717, 1.165) is 33.3 Å². The lowest BCUT2D eigenvalue weighted by Gasteiger charge is -2.10. The molecule has 0 saturated carbocycles. The van der Waals surface area contributed by atoms with Gasteiger partial charge >= 0.3 is 0 Å². The number of nitrogens with one attached hydrogen (secondary N) is 2. The zero-order chi connectivity index (χ0) is 21.8. The number of hydrogen-bond donors (Lipinski definition) is 2. The third-order valence-corrected chi connectivity index (χ3v) is 6.42. The van der Waals surface area contributed by atoms with Crippen molar-refractivity contribution < 1.29 is 4.42 Å². The lowest BCUT2D eigenvalue weighted by molar-refractivity contribution is 0.669. The molecule has 0 radical (unpaired) electrons. The molecule has 33 heavy (non-hydrogen) atoms. The van der Waals surface area contributed by atoms with Gasteiger partial charge in [-0.3, -0.25) is 0 Å². The maximum absolute atomic E-state index is 6.03. The molecule has 0 aliphatic heterocycles. The summed E-state index contributed by atoms with van der Waals surface area (Å²) in [6, 6.07) is 37.9. The molecule has 2 heterocycles. The first-order valence-corrected chi connectivity index (χ1v) is 11.1. The fourth-order valence-electron chi connectivity index (χ4n) is 4.88. The Morgan fingerprint density at radius 1 is 0.576 bits per heavy atom. The maximum atomic E-state index is 6.03. The van der Waals surface area contributed by atoms with Crippen LogP contribution in [0.1, 0.15) is 0 Å². The summed E-state index contributed by atoms with van der Waals surface area (Å²) in [7, 11) is 0. The first kappa shape index (κ1) is 18.1. The standard InChI is InChI=1S/C30H20N2O/c1-3-11-25-22(7-1)23-10-5-9-21(30(23)32-25)19-15-17-20(18-16-19)31-26-12-6-14-28-29(26)24-8-2-4-13-27(24)33-28/h1-18,31-32H. The molecular formula is C30H20N2O. The van der Waals surface area contributed by atoms with Gasteiger partial charge in [0.05, 0.1) is 16.6 Å². The van der Waals surface area contributed by atoms with Crippen LogP contribution in [-0.4, -0.2) is 4.98 Å². The molecular weight excluding hydrogens is 404 g/mol. The van der Waals surface area contributed by atoms with E-state index in [-0.39, 0.29) is 0 Å². The summed E-state index contributed by atoms with van der Waals surface area (Å²) in [5.41, 5.74) is 8.62. The Morgan fingerprint density at radius 2 is 1.30 bits per heavy atom. The zero-order valence-electron chi connectivity index (χ0n) is 17.8. The summed E-state index contributed by atoms with van der Waals surface area (Å²) in [6.45, 7) is 0. The van der Waals surface area contributed by atoms with E-state index in [9.17, 15) is 0 Å². The SMILES string of the molecule is c1ccc2c(c1)[nH]c1c(-c3ccc(Nc4cccc5oc6ccccc6c45)cc3)cccc12. The van der Waals surface area contributed by atoms with Gasteiger partial charge < -0.3 is 14.7 Å². The van der Waals surface area contributed by atoms with E-state index in [0.29, 0.717) is 0 Å². The lowest BCUT2D eigenvalue weighted by atomic mass is 10.0. The number of para-hydroxylation sites is 3. The van der Waals surface area contributed by atoms with Crippen LogP contribution in [0.3, 0.4) is 0 Å². The molecule has 156 valence electrons. The van der Waals surface area contributed by atoms with Crippen LogP contribution in [0.4, 0.5) is 11.4 Å². The number of rotatable bonds is 3. The van der Waals surface area contributed by atoms with Crippen LogP contribution >= 0.6 is 0 Å². The van der Waals surface area contributed by atoms with E-state index in [4.69, 9.17) is 4.42 Å². The largest absolute Gasteiger partial charge is 0.456 e. The van der Waals surface area contributed by atoms with Crippen LogP contribution < -0.4 is 5.32 Å². The lowest BCUT2D eigenvalue weighted by Crippen LogP contribution is -1.91. The summed E-state index contributed by atoms with van der Waals surface area (Å²) >= 11 is 0. The number of aromatic nitrogens is 1. The predicted octanol–water partition coefficient (Wildman–Crippen LogP) is 8.63. The number of hydrogen-bond acceptors (Lipinski definition) is 2. The zero-order valence-corrected chi connectivity index (χ0v) is 17.8. The summed E-state index contributed by atoms with van der Waals surface area (Å²) in [5.74, 6) is 0. The Kier molecular flexibility index (Phi) is 3.84. The van der Waals surface area contributed by atoms with Gasteiger partial charge in [-0.2, -0.15) is 0 Å². The van der Waals surface area contributed by atoms with Crippen LogP contribution in [0.15, 0.2) is 114 Å². The number of aromatic amines is 1. The number of H-pyrrole nitrogens is 1. The van der Waals surface area contributed by atoms with Gasteiger partial charge in [0.1, 0.15) is 11.2 Å². The fraction of sp³-hybridized carbons (Fsp3) is 0. The minimum atomic E-state index is 0.892. The predicted molar refractivity (Wildman–Crippen MR) is 138 cm³/mol. The van der Waals surface area contributed by atoms with Crippen molar-refractivity contribution in [3.8, 4) is 11.1 Å². The van der Waals surface area contributed by atoms with Gasteiger partial charge in [0.25, 0.3) is 0 Å². The molecule has 0 fully saturated rings. The van der Waals surface area contributed by atoms with Crippen LogP contribution in [0.25, 0.3) is 54.9 Å².